The lowest BCUT2D eigenvalue weighted by atomic mass is 10.00. The highest BCUT2D eigenvalue weighted by atomic mass is 16.6. The van der Waals surface area contributed by atoms with E-state index in [2.05, 4.69) is 5.32 Å². The third kappa shape index (κ3) is 4.85. The largest absolute Gasteiger partial charge is 0.490 e. The second kappa shape index (κ2) is 6.33. The Morgan fingerprint density at radius 3 is 2.65 bits per heavy atom. The summed E-state index contributed by atoms with van der Waals surface area (Å²) in [4.78, 5) is 22.0. The molecule has 0 saturated heterocycles. The van der Waals surface area contributed by atoms with Crippen LogP contribution in [0.5, 0.6) is 5.75 Å². The Bertz CT molecular complexity index is 509. The normalized spacial score (nSPS) is 11.0. The molecule has 0 aliphatic heterocycles. The Kier molecular flexibility index (Phi) is 5.04. The van der Waals surface area contributed by atoms with Gasteiger partial charge in [-0.3, -0.25) is 14.9 Å². The minimum Gasteiger partial charge on any atom is -0.490 e. The van der Waals surface area contributed by atoms with E-state index >= 15 is 0 Å². The van der Waals surface area contributed by atoms with Crippen molar-refractivity contribution in [2.75, 3.05) is 12.4 Å². The van der Waals surface area contributed by atoms with Gasteiger partial charge in [-0.25, -0.2) is 0 Å². The van der Waals surface area contributed by atoms with Crippen LogP contribution in [0.4, 0.5) is 11.4 Å². The molecule has 1 rings (SSSR count). The molecule has 0 saturated carbocycles. The van der Waals surface area contributed by atoms with Crippen molar-refractivity contribution in [3.05, 3.63) is 28.3 Å². The monoisotopic (exact) mass is 281 g/mol. The van der Waals surface area contributed by atoms with Crippen LogP contribution in [0.1, 0.15) is 26.7 Å². The summed E-state index contributed by atoms with van der Waals surface area (Å²) < 4.78 is 4.89. The van der Waals surface area contributed by atoms with Crippen molar-refractivity contribution >= 4 is 17.3 Å². The molecule has 0 spiro atoms. The number of rotatable bonds is 6. The van der Waals surface area contributed by atoms with Crippen LogP contribution in [-0.4, -0.2) is 23.5 Å². The van der Waals surface area contributed by atoms with E-state index < -0.39 is 10.5 Å². The zero-order valence-electron chi connectivity index (χ0n) is 11.8. The Labute approximate surface area is 117 Å². The number of anilines is 1. The summed E-state index contributed by atoms with van der Waals surface area (Å²) in [6.07, 6.45) is 0.778. The van der Waals surface area contributed by atoms with Crippen LogP contribution in [0, 0.1) is 10.1 Å². The molecule has 0 radical (unpaired) electrons. The van der Waals surface area contributed by atoms with Crippen LogP contribution < -0.4 is 15.8 Å². The van der Waals surface area contributed by atoms with Gasteiger partial charge in [0, 0.05) is 23.7 Å². The van der Waals surface area contributed by atoms with E-state index in [0.29, 0.717) is 12.1 Å². The number of amides is 1. The predicted octanol–water partition coefficient (Wildman–Crippen LogP) is 2.06. The number of carbonyl (C=O) groups excluding carboxylic acids is 1. The van der Waals surface area contributed by atoms with Crippen molar-refractivity contribution in [1.29, 1.82) is 0 Å². The maximum atomic E-state index is 11.7. The summed E-state index contributed by atoms with van der Waals surface area (Å²) in [6, 6.07) is 4.27. The minimum atomic E-state index is -0.558. The molecule has 20 heavy (non-hydrogen) atoms. The molecule has 0 bridgehead atoms. The summed E-state index contributed by atoms with van der Waals surface area (Å²) >= 11 is 0. The molecule has 0 aromatic heterocycles. The lowest BCUT2D eigenvalue weighted by molar-refractivity contribution is -0.385. The fraction of sp³-hybridized carbons (Fsp3) is 0.462. The summed E-state index contributed by atoms with van der Waals surface area (Å²) in [7, 11) is 1.35. The number of nitro groups is 1. The smallest absolute Gasteiger partial charge is 0.312 e. The van der Waals surface area contributed by atoms with Gasteiger partial charge in [-0.2, -0.15) is 0 Å². The molecule has 0 heterocycles. The Hall–Kier alpha value is -2.15. The number of benzene rings is 1. The molecule has 0 aliphatic carbocycles. The predicted molar refractivity (Wildman–Crippen MR) is 75.8 cm³/mol. The molecular formula is C13H19N3O4. The molecule has 7 heteroatoms. The second-order valence-electron chi connectivity index (χ2n) is 5.18. The maximum Gasteiger partial charge on any atom is 0.312 e. The third-order valence-electron chi connectivity index (χ3n) is 2.66. The molecule has 0 fully saturated rings. The molecule has 3 N–H and O–H groups in total. The SMILES string of the molecule is COc1ccc(NC(=O)CCC(C)(C)N)cc1[N+](=O)[O-]. The quantitative estimate of drug-likeness (QED) is 0.613. The van der Waals surface area contributed by atoms with Gasteiger partial charge in [-0.05, 0) is 32.4 Å². The first-order valence-electron chi connectivity index (χ1n) is 6.14. The first-order chi connectivity index (χ1) is 9.23. The first kappa shape index (κ1) is 15.9. The van der Waals surface area contributed by atoms with E-state index in [1.807, 2.05) is 13.8 Å². The highest BCUT2D eigenvalue weighted by molar-refractivity contribution is 5.91. The van der Waals surface area contributed by atoms with Crippen LogP contribution in [0.2, 0.25) is 0 Å². The van der Waals surface area contributed by atoms with Gasteiger partial charge in [0.05, 0.1) is 12.0 Å². The minimum absolute atomic E-state index is 0.149. The number of methoxy groups -OCH3 is 1. The topological polar surface area (TPSA) is 107 Å². The van der Waals surface area contributed by atoms with E-state index in [9.17, 15) is 14.9 Å². The number of ether oxygens (including phenoxy) is 1. The third-order valence-corrected chi connectivity index (χ3v) is 2.66. The van der Waals surface area contributed by atoms with Crippen molar-refractivity contribution in [2.24, 2.45) is 5.73 Å². The Balaban J connectivity index is 2.76. The van der Waals surface area contributed by atoms with Crippen LogP contribution in [0.15, 0.2) is 18.2 Å². The zero-order chi connectivity index (χ0) is 15.3. The van der Waals surface area contributed by atoms with E-state index in [-0.39, 0.29) is 23.8 Å². The summed E-state index contributed by atoms with van der Waals surface area (Å²) in [5, 5.41) is 13.5. The van der Waals surface area contributed by atoms with E-state index in [0.717, 1.165) is 0 Å². The van der Waals surface area contributed by atoms with Crippen molar-refractivity contribution in [3.8, 4) is 5.75 Å². The van der Waals surface area contributed by atoms with Crippen molar-refractivity contribution in [3.63, 3.8) is 0 Å². The molecule has 0 aliphatic rings. The molecule has 1 aromatic rings. The molecule has 110 valence electrons. The van der Waals surface area contributed by atoms with Gasteiger partial charge >= 0.3 is 5.69 Å². The van der Waals surface area contributed by atoms with Crippen LogP contribution >= 0.6 is 0 Å². The number of nitrogens with one attached hydrogen (secondary N) is 1. The highest BCUT2D eigenvalue weighted by Crippen LogP contribution is 2.29. The number of carbonyl (C=O) groups is 1. The van der Waals surface area contributed by atoms with Gasteiger partial charge in [0.25, 0.3) is 0 Å². The number of hydrogen-bond donors (Lipinski definition) is 2. The molecule has 1 aromatic carbocycles. The number of nitrogens with zero attached hydrogens (tertiary/aromatic N) is 1. The fourth-order valence-corrected chi connectivity index (χ4v) is 1.57. The highest BCUT2D eigenvalue weighted by Gasteiger charge is 2.17. The fourth-order valence-electron chi connectivity index (χ4n) is 1.57. The van der Waals surface area contributed by atoms with Crippen molar-refractivity contribution in [1.82, 2.24) is 0 Å². The second-order valence-corrected chi connectivity index (χ2v) is 5.18. The van der Waals surface area contributed by atoms with Crippen LogP contribution in [-0.2, 0) is 4.79 Å². The average molecular weight is 281 g/mol. The van der Waals surface area contributed by atoms with Gasteiger partial charge < -0.3 is 15.8 Å². The van der Waals surface area contributed by atoms with Gasteiger partial charge in [0.15, 0.2) is 5.75 Å². The summed E-state index contributed by atoms with van der Waals surface area (Å²) in [5.74, 6) is -0.0842. The maximum absolute atomic E-state index is 11.7. The summed E-state index contributed by atoms with van der Waals surface area (Å²) in [5.41, 5.74) is 5.53. The standard InChI is InChI=1S/C13H19N3O4/c1-13(2,14)7-6-12(17)15-9-4-5-11(20-3)10(8-9)16(18)19/h4-5,8H,6-7,14H2,1-3H3,(H,15,17). The molecular weight excluding hydrogens is 262 g/mol. The van der Waals surface area contributed by atoms with Crippen LogP contribution in [0.3, 0.4) is 0 Å². The summed E-state index contributed by atoms with van der Waals surface area (Å²) in [6.45, 7) is 3.66. The van der Waals surface area contributed by atoms with E-state index in [1.165, 1.54) is 19.2 Å². The van der Waals surface area contributed by atoms with Crippen molar-refractivity contribution < 1.29 is 14.5 Å². The number of nitro benzene ring substituents is 1. The lowest BCUT2D eigenvalue weighted by Crippen LogP contribution is -2.33. The lowest BCUT2D eigenvalue weighted by Gasteiger charge is -2.17. The molecule has 0 atom stereocenters. The zero-order valence-corrected chi connectivity index (χ0v) is 11.8. The average Bonchev–Trinajstić information content (AvgIpc) is 2.35. The molecule has 7 nitrogen and oxygen atoms in total. The van der Waals surface area contributed by atoms with Crippen LogP contribution in [0.25, 0.3) is 0 Å². The molecule has 0 unspecified atom stereocenters. The number of nitrogens with two attached hydrogens (primary N) is 1. The van der Waals surface area contributed by atoms with Gasteiger partial charge in [0.2, 0.25) is 5.91 Å². The van der Waals surface area contributed by atoms with E-state index in [4.69, 9.17) is 10.5 Å². The van der Waals surface area contributed by atoms with Gasteiger partial charge in [0.1, 0.15) is 0 Å². The van der Waals surface area contributed by atoms with Gasteiger partial charge in [-0.1, -0.05) is 0 Å². The first-order valence-corrected chi connectivity index (χ1v) is 6.14. The Morgan fingerprint density at radius 2 is 2.15 bits per heavy atom. The molecule has 1 amide bonds. The van der Waals surface area contributed by atoms with Gasteiger partial charge in [-0.15, -0.1) is 0 Å². The number of hydrogen-bond acceptors (Lipinski definition) is 5. The Morgan fingerprint density at radius 1 is 1.50 bits per heavy atom. The van der Waals surface area contributed by atoms with E-state index in [1.54, 1.807) is 6.07 Å². The van der Waals surface area contributed by atoms with Crippen molar-refractivity contribution in [2.45, 2.75) is 32.2 Å².